The van der Waals surface area contributed by atoms with Crippen molar-refractivity contribution in [3.8, 4) is 0 Å². The third kappa shape index (κ3) is 20.5. The van der Waals surface area contributed by atoms with E-state index >= 15 is 0 Å². The highest BCUT2D eigenvalue weighted by Crippen LogP contribution is 2.20. The van der Waals surface area contributed by atoms with E-state index in [0.717, 1.165) is 12.8 Å². The van der Waals surface area contributed by atoms with Crippen LogP contribution in [0, 0.1) is 0 Å². The van der Waals surface area contributed by atoms with E-state index in [1.807, 2.05) is 0 Å². The summed E-state index contributed by atoms with van der Waals surface area (Å²) >= 11 is 0. The second-order valence-corrected chi connectivity index (χ2v) is 10.6. The highest BCUT2D eigenvalue weighted by atomic mass is 16.5. The lowest BCUT2D eigenvalue weighted by molar-refractivity contribution is -0.929. The van der Waals surface area contributed by atoms with Gasteiger partial charge in [0.2, 0.25) is 0 Å². The molecule has 3 heteroatoms. The maximum atomic E-state index is 11.4. The van der Waals surface area contributed by atoms with E-state index in [2.05, 4.69) is 27.4 Å². The maximum absolute atomic E-state index is 11.4. The SMILES string of the molecule is C=CC(=O)OCCCC[N+](CCCCCCCC)(CCCCCCCC)CCCCCCCC. The molecule has 0 atom stereocenters. The van der Waals surface area contributed by atoms with Crippen molar-refractivity contribution < 1.29 is 14.0 Å². The van der Waals surface area contributed by atoms with Crippen LogP contribution in [0.25, 0.3) is 0 Å². The molecule has 0 aliphatic heterocycles. The zero-order valence-electron chi connectivity index (χ0n) is 23.7. The van der Waals surface area contributed by atoms with Crippen molar-refractivity contribution in [2.45, 2.75) is 149 Å². The molecule has 0 saturated heterocycles. The molecule has 0 aromatic heterocycles. The lowest BCUT2D eigenvalue weighted by Crippen LogP contribution is -2.51. The number of unbranched alkanes of at least 4 members (excludes halogenated alkanes) is 16. The molecule has 202 valence electrons. The van der Waals surface area contributed by atoms with Gasteiger partial charge in [-0.2, -0.15) is 0 Å². The van der Waals surface area contributed by atoms with Gasteiger partial charge in [-0.1, -0.05) is 104 Å². The fourth-order valence-corrected chi connectivity index (χ4v) is 5.13. The molecule has 0 heterocycles. The number of quaternary nitrogens is 1. The van der Waals surface area contributed by atoms with E-state index in [4.69, 9.17) is 4.74 Å². The first kappa shape index (κ1) is 33.2. The second-order valence-electron chi connectivity index (χ2n) is 10.6. The van der Waals surface area contributed by atoms with Gasteiger partial charge in [-0.05, 0) is 51.4 Å². The average Bonchev–Trinajstić information content (AvgIpc) is 2.85. The van der Waals surface area contributed by atoms with Gasteiger partial charge in [0.15, 0.2) is 0 Å². The molecule has 3 nitrogen and oxygen atoms in total. The number of carbonyl (C=O) groups is 1. The first-order valence-corrected chi connectivity index (χ1v) is 15.3. The monoisotopic (exact) mass is 480 g/mol. The minimum absolute atomic E-state index is 0.285. The van der Waals surface area contributed by atoms with Crippen LogP contribution in [0.3, 0.4) is 0 Å². The van der Waals surface area contributed by atoms with Crippen molar-refractivity contribution in [1.29, 1.82) is 0 Å². The van der Waals surface area contributed by atoms with Crippen LogP contribution in [-0.4, -0.2) is 43.2 Å². The van der Waals surface area contributed by atoms with E-state index < -0.39 is 0 Å². The third-order valence-corrected chi connectivity index (χ3v) is 7.40. The van der Waals surface area contributed by atoms with Crippen molar-refractivity contribution in [3.05, 3.63) is 12.7 Å². The molecule has 0 amide bonds. The lowest BCUT2D eigenvalue weighted by Gasteiger charge is -2.39. The Morgan fingerprint density at radius 1 is 0.559 bits per heavy atom. The van der Waals surface area contributed by atoms with E-state index in [9.17, 15) is 4.79 Å². The molecule has 0 unspecified atom stereocenters. The predicted octanol–water partition coefficient (Wildman–Crippen LogP) is 9.39. The van der Waals surface area contributed by atoms with Crippen LogP contribution in [0.4, 0.5) is 0 Å². The van der Waals surface area contributed by atoms with E-state index in [0.29, 0.717) is 6.61 Å². The molecular formula is C31H62NO2+. The zero-order valence-corrected chi connectivity index (χ0v) is 23.7. The van der Waals surface area contributed by atoms with Crippen LogP contribution >= 0.6 is 0 Å². The van der Waals surface area contributed by atoms with Gasteiger partial charge in [-0.3, -0.25) is 0 Å². The van der Waals surface area contributed by atoms with E-state index in [1.54, 1.807) is 0 Å². The molecule has 0 saturated carbocycles. The van der Waals surface area contributed by atoms with E-state index in [-0.39, 0.29) is 5.97 Å². The molecule has 0 aromatic rings. The van der Waals surface area contributed by atoms with Gasteiger partial charge in [-0.15, -0.1) is 0 Å². The summed E-state index contributed by atoms with van der Waals surface area (Å²) in [6.45, 7) is 16.2. The van der Waals surface area contributed by atoms with E-state index in [1.165, 1.54) is 152 Å². The van der Waals surface area contributed by atoms with Gasteiger partial charge in [0.05, 0.1) is 32.8 Å². The standard InChI is InChI=1S/C31H62NO2/c1-5-9-12-15-18-21-26-32(27-22-19-16-13-10-6-2,28-23-20-17-14-11-7-3)29-24-25-30-34-31(33)8-4/h8H,4-7,9-30H2,1-3H3/q+1. The first-order chi connectivity index (χ1) is 16.6. The van der Waals surface area contributed by atoms with Crippen molar-refractivity contribution in [2.75, 3.05) is 32.8 Å². The summed E-state index contributed by atoms with van der Waals surface area (Å²) in [5.41, 5.74) is 0. The molecule has 0 aliphatic rings. The fraction of sp³-hybridized carbons (Fsp3) is 0.903. The molecule has 0 radical (unpaired) electrons. The number of carbonyl (C=O) groups excluding carboxylic acids is 1. The molecule has 0 aliphatic carbocycles. The van der Waals surface area contributed by atoms with Crippen LogP contribution in [0.15, 0.2) is 12.7 Å². The van der Waals surface area contributed by atoms with Gasteiger partial charge >= 0.3 is 5.97 Å². The second kappa shape index (κ2) is 25.3. The quantitative estimate of drug-likeness (QED) is 0.0506. The summed E-state index contributed by atoms with van der Waals surface area (Å²) in [5.74, 6) is -0.285. The zero-order chi connectivity index (χ0) is 25.2. The molecule has 0 N–H and O–H groups in total. The Balaban J connectivity index is 4.83. The number of hydrogen-bond donors (Lipinski definition) is 0. The van der Waals surface area contributed by atoms with Crippen molar-refractivity contribution in [1.82, 2.24) is 0 Å². The molecule has 0 bridgehead atoms. The average molecular weight is 481 g/mol. The molecule has 0 spiro atoms. The summed E-state index contributed by atoms with van der Waals surface area (Å²) in [5, 5.41) is 0. The van der Waals surface area contributed by atoms with Gasteiger partial charge in [0.25, 0.3) is 0 Å². The number of ether oxygens (including phenoxy) is 1. The van der Waals surface area contributed by atoms with Gasteiger partial charge < -0.3 is 9.22 Å². The Bertz CT molecular complexity index is 408. The van der Waals surface area contributed by atoms with Gasteiger partial charge in [0.1, 0.15) is 0 Å². The Kier molecular flexibility index (Phi) is 24.7. The number of hydrogen-bond acceptors (Lipinski definition) is 2. The van der Waals surface area contributed by atoms with Crippen LogP contribution in [0.5, 0.6) is 0 Å². The molecular weight excluding hydrogens is 418 g/mol. The van der Waals surface area contributed by atoms with Crippen LogP contribution in [0.2, 0.25) is 0 Å². The first-order valence-electron chi connectivity index (χ1n) is 15.3. The topological polar surface area (TPSA) is 26.3 Å². The van der Waals surface area contributed by atoms with Crippen molar-refractivity contribution in [3.63, 3.8) is 0 Å². The molecule has 0 rings (SSSR count). The highest BCUT2D eigenvalue weighted by Gasteiger charge is 2.25. The molecule has 34 heavy (non-hydrogen) atoms. The van der Waals surface area contributed by atoms with Gasteiger partial charge in [-0.25, -0.2) is 4.79 Å². The number of esters is 1. The normalized spacial score (nSPS) is 11.6. The Morgan fingerprint density at radius 3 is 1.24 bits per heavy atom. The summed E-state index contributed by atoms with van der Waals surface area (Å²) in [6.07, 6.45) is 28.3. The summed E-state index contributed by atoms with van der Waals surface area (Å²) in [7, 11) is 0. The lowest BCUT2D eigenvalue weighted by atomic mass is 10.1. The van der Waals surface area contributed by atoms with Crippen LogP contribution in [-0.2, 0) is 9.53 Å². The van der Waals surface area contributed by atoms with Crippen LogP contribution < -0.4 is 0 Å². The van der Waals surface area contributed by atoms with Crippen molar-refractivity contribution >= 4 is 5.97 Å². The largest absolute Gasteiger partial charge is 0.463 e. The molecule has 0 fully saturated rings. The van der Waals surface area contributed by atoms with Crippen molar-refractivity contribution in [2.24, 2.45) is 0 Å². The van der Waals surface area contributed by atoms with Crippen LogP contribution in [0.1, 0.15) is 149 Å². The summed E-state index contributed by atoms with van der Waals surface area (Å²) < 4.78 is 6.56. The summed E-state index contributed by atoms with van der Waals surface area (Å²) in [4.78, 5) is 11.4. The maximum Gasteiger partial charge on any atom is 0.330 e. The third-order valence-electron chi connectivity index (χ3n) is 7.40. The van der Waals surface area contributed by atoms with Gasteiger partial charge in [0, 0.05) is 6.08 Å². The Hall–Kier alpha value is -0.830. The minimum Gasteiger partial charge on any atom is -0.463 e. The Morgan fingerprint density at radius 2 is 0.882 bits per heavy atom. The number of nitrogens with zero attached hydrogens (tertiary/aromatic N) is 1. The number of rotatable bonds is 27. The fourth-order valence-electron chi connectivity index (χ4n) is 5.13. The smallest absolute Gasteiger partial charge is 0.330 e. The molecule has 0 aromatic carbocycles. The Labute approximate surface area is 214 Å². The summed E-state index contributed by atoms with van der Waals surface area (Å²) in [6, 6.07) is 0. The minimum atomic E-state index is -0.285. The highest BCUT2D eigenvalue weighted by molar-refractivity contribution is 5.81. The predicted molar refractivity (Wildman–Crippen MR) is 150 cm³/mol.